The van der Waals surface area contributed by atoms with Crippen LogP contribution in [0.1, 0.15) is 46.0 Å². The highest BCUT2D eigenvalue weighted by atomic mass is 16.4. The molecule has 0 radical (unpaired) electrons. The van der Waals surface area contributed by atoms with Crippen LogP contribution >= 0.6 is 0 Å². The van der Waals surface area contributed by atoms with Gasteiger partial charge in [0.2, 0.25) is 0 Å². The molecule has 2 aromatic carbocycles. The lowest BCUT2D eigenvalue weighted by atomic mass is 9.96. The summed E-state index contributed by atoms with van der Waals surface area (Å²) in [6.07, 6.45) is 1.85. The van der Waals surface area contributed by atoms with Gasteiger partial charge in [0, 0.05) is 19.2 Å². The Labute approximate surface area is 147 Å². The van der Waals surface area contributed by atoms with E-state index in [1.807, 2.05) is 6.92 Å². The molecule has 0 atom stereocenters. The zero-order valence-electron chi connectivity index (χ0n) is 14.3. The van der Waals surface area contributed by atoms with E-state index in [2.05, 4.69) is 6.07 Å². The third-order valence-corrected chi connectivity index (χ3v) is 3.98. The summed E-state index contributed by atoms with van der Waals surface area (Å²) < 4.78 is 0. The second-order valence-electron chi connectivity index (χ2n) is 5.84. The molecule has 5 heteroatoms. The van der Waals surface area contributed by atoms with E-state index >= 15 is 0 Å². The van der Waals surface area contributed by atoms with E-state index in [-0.39, 0.29) is 11.5 Å². The van der Waals surface area contributed by atoms with Gasteiger partial charge in [-0.05, 0) is 41.8 Å². The van der Waals surface area contributed by atoms with Crippen LogP contribution < -0.4 is 0 Å². The number of rotatable bonds is 6. The van der Waals surface area contributed by atoms with Gasteiger partial charge in [-0.1, -0.05) is 31.5 Å². The van der Waals surface area contributed by atoms with E-state index in [4.69, 9.17) is 0 Å². The highest BCUT2D eigenvalue weighted by Crippen LogP contribution is 2.26. The maximum absolute atomic E-state index is 12.6. The molecule has 0 spiro atoms. The van der Waals surface area contributed by atoms with Crippen molar-refractivity contribution in [2.75, 3.05) is 13.6 Å². The smallest absolute Gasteiger partial charge is 0.335 e. The average molecular weight is 336 g/mol. The van der Waals surface area contributed by atoms with Crippen molar-refractivity contribution in [3.8, 4) is 17.2 Å². The lowest BCUT2D eigenvalue weighted by Crippen LogP contribution is -2.27. The molecule has 0 saturated heterocycles. The Hall–Kier alpha value is -3.13. The molecule has 0 heterocycles. The van der Waals surface area contributed by atoms with Gasteiger partial charge in [-0.3, -0.25) is 4.79 Å². The van der Waals surface area contributed by atoms with E-state index in [1.165, 1.54) is 12.1 Å². The molecular weight excluding hydrogens is 316 g/mol. The highest BCUT2D eigenvalue weighted by Gasteiger charge is 2.17. The summed E-state index contributed by atoms with van der Waals surface area (Å²) in [7, 11) is 1.70. The maximum atomic E-state index is 12.6. The molecule has 25 heavy (non-hydrogen) atoms. The summed E-state index contributed by atoms with van der Waals surface area (Å²) in [5.41, 5.74) is 1.92. The van der Waals surface area contributed by atoms with Crippen LogP contribution in [0.2, 0.25) is 0 Å². The number of nitrogens with zero attached hydrogens (tertiary/aromatic N) is 2. The van der Waals surface area contributed by atoms with Crippen molar-refractivity contribution in [1.29, 1.82) is 5.26 Å². The van der Waals surface area contributed by atoms with Crippen LogP contribution in [0.25, 0.3) is 11.1 Å². The molecular formula is C20H20N2O3. The van der Waals surface area contributed by atoms with E-state index in [9.17, 15) is 20.0 Å². The first-order valence-electron chi connectivity index (χ1n) is 8.11. The highest BCUT2D eigenvalue weighted by molar-refractivity contribution is 5.99. The molecule has 1 N–H and O–H groups in total. The molecule has 0 aromatic heterocycles. The van der Waals surface area contributed by atoms with E-state index in [0.29, 0.717) is 28.8 Å². The summed E-state index contributed by atoms with van der Waals surface area (Å²) in [4.78, 5) is 25.7. The summed E-state index contributed by atoms with van der Waals surface area (Å²) >= 11 is 0. The molecule has 5 nitrogen and oxygen atoms in total. The molecule has 2 rings (SSSR count). The molecule has 0 fully saturated rings. The van der Waals surface area contributed by atoms with Crippen molar-refractivity contribution < 1.29 is 14.7 Å². The number of carbonyl (C=O) groups is 2. The van der Waals surface area contributed by atoms with Gasteiger partial charge in [0.25, 0.3) is 5.91 Å². The van der Waals surface area contributed by atoms with Crippen molar-refractivity contribution in [3.05, 3.63) is 59.2 Å². The fourth-order valence-corrected chi connectivity index (χ4v) is 2.58. The first kappa shape index (κ1) is 18.2. The Morgan fingerprint density at radius 3 is 2.48 bits per heavy atom. The number of amides is 1. The second-order valence-corrected chi connectivity index (χ2v) is 5.84. The number of aromatic carboxylic acids is 1. The molecule has 0 unspecified atom stereocenters. The van der Waals surface area contributed by atoms with Gasteiger partial charge in [-0.2, -0.15) is 5.26 Å². The van der Waals surface area contributed by atoms with Crippen molar-refractivity contribution in [3.63, 3.8) is 0 Å². The zero-order valence-corrected chi connectivity index (χ0v) is 14.3. The fraction of sp³-hybridized carbons (Fsp3) is 0.250. The van der Waals surface area contributed by atoms with Crippen molar-refractivity contribution in [2.24, 2.45) is 0 Å². The van der Waals surface area contributed by atoms with Crippen LogP contribution in [-0.2, 0) is 0 Å². The molecule has 0 aliphatic rings. The van der Waals surface area contributed by atoms with Gasteiger partial charge in [0.05, 0.1) is 17.2 Å². The number of benzene rings is 2. The molecule has 0 saturated carbocycles. The lowest BCUT2D eigenvalue weighted by molar-refractivity contribution is 0.0697. The second kappa shape index (κ2) is 8.11. The largest absolute Gasteiger partial charge is 0.478 e. The Morgan fingerprint density at radius 2 is 1.84 bits per heavy atom. The number of carboxylic acid groups (broad SMARTS) is 1. The Bertz CT molecular complexity index is 837. The minimum Gasteiger partial charge on any atom is -0.478 e. The van der Waals surface area contributed by atoms with Gasteiger partial charge in [-0.25, -0.2) is 4.79 Å². The van der Waals surface area contributed by atoms with Crippen molar-refractivity contribution in [2.45, 2.75) is 19.8 Å². The van der Waals surface area contributed by atoms with Crippen LogP contribution in [0.5, 0.6) is 0 Å². The third-order valence-electron chi connectivity index (χ3n) is 3.98. The van der Waals surface area contributed by atoms with Gasteiger partial charge in [-0.15, -0.1) is 0 Å². The minimum atomic E-state index is -1.11. The third kappa shape index (κ3) is 4.24. The normalized spacial score (nSPS) is 10.1. The average Bonchev–Trinajstić information content (AvgIpc) is 2.64. The molecule has 1 amide bonds. The van der Waals surface area contributed by atoms with Gasteiger partial charge >= 0.3 is 5.97 Å². The first-order chi connectivity index (χ1) is 12.0. The molecule has 0 aliphatic carbocycles. The number of carbonyl (C=O) groups excluding carboxylic acids is 1. The number of hydrogen-bond acceptors (Lipinski definition) is 3. The fourth-order valence-electron chi connectivity index (χ4n) is 2.58. The Morgan fingerprint density at radius 1 is 1.16 bits per heavy atom. The first-order valence-corrected chi connectivity index (χ1v) is 8.11. The van der Waals surface area contributed by atoms with E-state index in [1.54, 1.807) is 42.3 Å². The van der Waals surface area contributed by atoms with Gasteiger partial charge in [0.1, 0.15) is 0 Å². The monoisotopic (exact) mass is 336 g/mol. The number of hydrogen-bond donors (Lipinski definition) is 1. The lowest BCUT2D eigenvalue weighted by Gasteiger charge is -2.18. The summed E-state index contributed by atoms with van der Waals surface area (Å²) in [6, 6.07) is 13.5. The van der Waals surface area contributed by atoms with E-state index < -0.39 is 5.97 Å². The van der Waals surface area contributed by atoms with Gasteiger partial charge < -0.3 is 10.0 Å². The van der Waals surface area contributed by atoms with Crippen LogP contribution in [0.15, 0.2) is 42.5 Å². The molecule has 2 aromatic rings. The minimum absolute atomic E-state index is 0.0254. The van der Waals surface area contributed by atoms with Crippen molar-refractivity contribution in [1.82, 2.24) is 4.90 Å². The number of carboxylic acids is 1. The SMILES string of the molecule is CCCCN(C)C(=O)c1cc(C(=O)O)cc(-c2ccccc2C#N)c1. The predicted molar refractivity (Wildman–Crippen MR) is 95.4 cm³/mol. The number of nitriles is 1. The summed E-state index contributed by atoms with van der Waals surface area (Å²) in [5, 5.41) is 18.7. The molecule has 0 bridgehead atoms. The van der Waals surface area contributed by atoms with Crippen LogP contribution in [0.3, 0.4) is 0 Å². The standard InChI is InChI=1S/C20H20N2O3/c1-3-4-9-22(2)19(23)16-10-15(11-17(12-16)20(24)25)18-8-6-5-7-14(18)13-21/h5-8,10-12H,3-4,9H2,1-2H3,(H,24,25). The van der Waals surface area contributed by atoms with Crippen LogP contribution in [0.4, 0.5) is 0 Å². The summed E-state index contributed by atoms with van der Waals surface area (Å²) in [5.74, 6) is -1.34. The zero-order chi connectivity index (χ0) is 18.4. The number of unbranched alkanes of at least 4 members (excludes halogenated alkanes) is 1. The van der Waals surface area contributed by atoms with E-state index in [0.717, 1.165) is 12.8 Å². The topological polar surface area (TPSA) is 81.4 Å². The van der Waals surface area contributed by atoms with Crippen LogP contribution in [-0.4, -0.2) is 35.5 Å². The molecule has 128 valence electrons. The van der Waals surface area contributed by atoms with Crippen molar-refractivity contribution >= 4 is 11.9 Å². The quantitative estimate of drug-likeness (QED) is 0.870. The predicted octanol–water partition coefficient (Wildman–Crippen LogP) is 3.80. The van der Waals surface area contributed by atoms with Gasteiger partial charge in [0.15, 0.2) is 0 Å². The maximum Gasteiger partial charge on any atom is 0.335 e. The Kier molecular flexibility index (Phi) is 5.91. The summed E-state index contributed by atoms with van der Waals surface area (Å²) in [6.45, 7) is 2.65. The van der Waals surface area contributed by atoms with Crippen LogP contribution in [0, 0.1) is 11.3 Å². The molecule has 0 aliphatic heterocycles. The Balaban J connectivity index is 2.52.